The van der Waals surface area contributed by atoms with Crippen LogP contribution in [0.15, 0.2) is 29.2 Å². The van der Waals surface area contributed by atoms with Gasteiger partial charge >= 0.3 is 0 Å². The van der Waals surface area contributed by atoms with Gasteiger partial charge in [0.2, 0.25) is 5.91 Å². The number of nitrogens with two attached hydrogens (primary N) is 2. The van der Waals surface area contributed by atoms with Gasteiger partial charge in [0.25, 0.3) is 0 Å². The number of rotatable bonds is 10. The summed E-state index contributed by atoms with van der Waals surface area (Å²) in [6.07, 6.45) is 1.89. The molecule has 1 amide bonds. The molecular formula is C14H23N3O2S. The van der Waals surface area contributed by atoms with Crippen LogP contribution in [0.1, 0.15) is 12.8 Å². The first-order valence-electron chi connectivity index (χ1n) is 6.63. The number of ether oxygens (including phenoxy) is 1. The molecule has 1 aromatic carbocycles. The zero-order chi connectivity index (χ0) is 14.8. The molecule has 0 aromatic heterocycles. The van der Waals surface area contributed by atoms with E-state index in [9.17, 15) is 4.79 Å². The van der Waals surface area contributed by atoms with E-state index in [0.717, 1.165) is 23.4 Å². The number of primary amides is 1. The van der Waals surface area contributed by atoms with Gasteiger partial charge in [-0.25, -0.2) is 0 Å². The Balaban J connectivity index is 2.69. The molecule has 5 N–H and O–H groups in total. The SMILES string of the molecule is COCC(CCCN)Nc1ccccc1SCC(N)=O. The highest BCUT2D eigenvalue weighted by atomic mass is 32.2. The lowest BCUT2D eigenvalue weighted by molar-refractivity contribution is -0.115. The van der Waals surface area contributed by atoms with Crippen molar-refractivity contribution in [1.82, 2.24) is 0 Å². The third-order valence-electron chi connectivity index (χ3n) is 2.74. The van der Waals surface area contributed by atoms with Crippen LogP contribution < -0.4 is 16.8 Å². The number of carbonyl (C=O) groups excluding carboxylic acids is 1. The van der Waals surface area contributed by atoms with Crippen molar-refractivity contribution >= 4 is 23.4 Å². The molecule has 1 rings (SSSR count). The Kier molecular flexibility index (Phi) is 8.10. The maximum Gasteiger partial charge on any atom is 0.227 e. The molecule has 6 heteroatoms. The number of methoxy groups -OCH3 is 1. The molecule has 0 spiro atoms. The molecule has 0 aliphatic heterocycles. The van der Waals surface area contributed by atoms with Crippen LogP contribution in [0.4, 0.5) is 5.69 Å². The van der Waals surface area contributed by atoms with E-state index in [1.807, 2.05) is 24.3 Å². The van der Waals surface area contributed by atoms with E-state index in [1.165, 1.54) is 11.8 Å². The predicted molar refractivity (Wildman–Crippen MR) is 83.9 cm³/mol. The third-order valence-corrected chi connectivity index (χ3v) is 3.84. The fourth-order valence-corrected chi connectivity index (χ4v) is 2.60. The molecule has 0 saturated carbocycles. The van der Waals surface area contributed by atoms with E-state index >= 15 is 0 Å². The van der Waals surface area contributed by atoms with Crippen molar-refractivity contribution in [3.8, 4) is 0 Å². The summed E-state index contributed by atoms with van der Waals surface area (Å²) in [7, 11) is 1.69. The first-order valence-corrected chi connectivity index (χ1v) is 7.61. The smallest absolute Gasteiger partial charge is 0.227 e. The normalized spacial score (nSPS) is 12.1. The van der Waals surface area contributed by atoms with Crippen molar-refractivity contribution in [1.29, 1.82) is 0 Å². The van der Waals surface area contributed by atoms with E-state index in [4.69, 9.17) is 16.2 Å². The monoisotopic (exact) mass is 297 g/mol. The van der Waals surface area contributed by atoms with Crippen LogP contribution in [0.2, 0.25) is 0 Å². The maximum atomic E-state index is 10.9. The Morgan fingerprint density at radius 2 is 2.20 bits per heavy atom. The molecule has 0 saturated heterocycles. The summed E-state index contributed by atoms with van der Waals surface area (Å²) >= 11 is 1.44. The highest BCUT2D eigenvalue weighted by Gasteiger charge is 2.11. The topological polar surface area (TPSA) is 90.4 Å². The quantitative estimate of drug-likeness (QED) is 0.568. The highest BCUT2D eigenvalue weighted by Crippen LogP contribution is 2.27. The van der Waals surface area contributed by atoms with Crippen LogP contribution >= 0.6 is 11.8 Å². The van der Waals surface area contributed by atoms with Gasteiger partial charge in [-0.05, 0) is 31.5 Å². The Morgan fingerprint density at radius 3 is 2.85 bits per heavy atom. The number of amides is 1. The second kappa shape index (κ2) is 9.63. The Hall–Kier alpha value is -1.24. The molecule has 0 aliphatic carbocycles. The molecule has 1 aromatic rings. The van der Waals surface area contributed by atoms with Crippen LogP contribution in [0.3, 0.4) is 0 Å². The van der Waals surface area contributed by atoms with E-state index in [0.29, 0.717) is 13.2 Å². The number of hydrogen-bond acceptors (Lipinski definition) is 5. The molecule has 0 radical (unpaired) electrons. The Labute approximate surface area is 124 Å². The third kappa shape index (κ3) is 6.27. The summed E-state index contributed by atoms with van der Waals surface area (Å²) in [5.41, 5.74) is 11.7. The second-order valence-corrected chi connectivity index (χ2v) is 5.50. The minimum Gasteiger partial charge on any atom is -0.383 e. The fraction of sp³-hybridized carbons (Fsp3) is 0.500. The van der Waals surface area contributed by atoms with Crippen molar-refractivity contribution in [3.63, 3.8) is 0 Å². The Bertz CT molecular complexity index is 415. The molecule has 1 atom stereocenters. The van der Waals surface area contributed by atoms with Gasteiger partial charge < -0.3 is 21.5 Å². The van der Waals surface area contributed by atoms with Gasteiger partial charge in [0.1, 0.15) is 0 Å². The number of carbonyl (C=O) groups is 1. The number of hydrogen-bond donors (Lipinski definition) is 3. The van der Waals surface area contributed by atoms with Gasteiger partial charge in [-0.1, -0.05) is 12.1 Å². The molecule has 1 unspecified atom stereocenters. The van der Waals surface area contributed by atoms with Crippen molar-refractivity contribution in [3.05, 3.63) is 24.3 Å². The summed E-state index contributed by atoms with van der Waals surface area (Å²) in [5, 5.41) is 3.45. The molecular weight excluding hydrogens is 274 g/mol. The molecule has 112 valence electrons. The standard InChI is InChI=1S/C14H23N3O2S/c1-19-9-11(5-4-8-15)17-12-6-2-3-7-13(12)20-10-14(16)18/h2-3,6-7,11,17H,4-5,8-10,15H2,1H3,(H2,16,18). The van der Waals surface area contributed by atoms with Gasteiger partial charge in [-0.2, -0.15) is 0 Å². The van der Waals surface area contributed by atoms with Gasteiger partial charge in [0.15, 0.2) is 0 Å². The average Bonchev–Trinajstić information content (AvgIpc) is 2.44. The number of para-hydroxylation sites is 1. The predicted octanol–water partition coefficient (Wildman–Crippen LogP) is 1.43. The summed E-state index contributed by atoms with van der Waals surface area (Å²) in [4.78, 5) is 11.9. The molecule has 0 bridgehead atoms. The number of anilines is 1. The summed E-state index contributed by atoms with van der Waals surface area (Å²) in [6, 6.07) is 8.08. The lowest BCUT2D eigenvalue weighted by Crippen LogP contribution is -2.26. The van der Waals surface area contributed by atoms with Crippen molar-refractivity contribution in [2.24, 2.45) is 11.5 Å². The summed E-state index contributed by atoms with van der Waals surface area (Å²) in [6.45, 7) is 1.29. The molecule has 20 heavy (non-hydrogen) atoms. The highest BCUT2D eigenvalue weighted by molar-refractivity contribution is 8.00. The van der Waals surface area contributed by atoms with Gasteiger partial charge in [0, 0.05) is 23.7 Å². The lowest BCUT2D eigenvalue weighted by atomic mass is 10.1. The number of nitrogens with one attached hydrogen (secondary N) is 1. The number of benzene rings is 1. The van der Waals surface area contributed by atoms with Gasteiger partial charge in [-0.3, -0.25) is 4.79 Å². The summed E-state index contributed by atoms with van der Waals surface area (Å²) in [5.74, 6) is -0.0439. The molecule has 0 aliphatic rings. The minimum absolute atomic E-state index is 0.207. The Morgan fingerprint density at radius 1 is 1.45 bits per heavy atom. The van der Waals surface area contributed by atoms with Crippen LogP contribution in [-0.2, 0) is 9.53 Å². The van der Waals surface area contributed by atoms with E-state index in [-0.39, 0.29) is 17.7 Å². The molecule has 5 nitrogen and oxygen atoms in total. The maximum absolute atomic E-state index is 10.9. The minimum atomic E-state index is -0.318. The van der Waals surface area contributed by atoms with Gasteiger partial charge in [-0.15, -0.1) is 11.8 Å². The van der Waals surface area contributed by atoms with Crippen LogP contribution in [0, 0.1) is 0 Å². The van der Waals surface area contributed by atoms with Crippen molar-refractivity contribution < 1.29 is 9.53 Å². The van der Waals surface area contributed by atoms with Crippen LogP contribution in [0.5, 0.6) is 0 Å². The number of thioether (sulfide) groups is 1. The zero-order valence-electron chi connectivity index (χ0n) is 11.8. The van der Waals surface area contributed by atoms with Crippen molar-refractivity contribution in [2.75, 3.05) is 31.3 Å². The first kappa shape index (κ1) is 16.8. The lowest BCUT2D eigenvalue weighted by Gasteiger charge is -2.20. The van der Waals surface area contributed by atoms with E-state index in [1.54, 1.807) is 7.11 Å². The van der Waals surface area contributed by atoms with Crippen LogP contribution in [-0.4, -0.2) is 38.0 Å². The van der Waals surface area contributed by atoms with Gasteiger partial charge in [0.05, 0.1) is 12.4 Å². The molecule has 0 heterocycles. The first-order chi connectivity index (χ1) is 9.67. The van der Waals surface area contributed by atoms with E-state index < -0.39 is 0 Å². The van der Waals surface area contributed by atoms with Crippen LogP contribution in [0.25, 0.3) is 0 Å². The fourth-order valence-electron chi connectivity index (χ4n) is 1.84. The molecule has 0 fully saturated rings. The van der Waals surface area contributed by atoms with E-state index in [2.05, 4.69) is 5.32 Å². The average molecular weight is 297 g/mol. The summed E-state index contributed by atoms with van der Waals surface area (Å²) < 4.78 is 5.23. The second-order valence-electron chi connectivity index (χ2n) is 4.48. The van der Waals surface area contributed by atoms with Crippen molar-refractivity contribution in [2.45, 2.75) is 23.8 Å². The zero-order valence-corrected chi connectivity index (χ0v) is 12.6. The largest absolute Gasteiger partial charge is 0.383 e.